The van der Waals surface area contributed by atoms with Gasteiger partial charge in [-0.3, -0.25) is 9.59 Å². The molecular formula is C25H26ClFN4O5. The van der Waals surface area contributed by atoms with Gasteiger partial charge in [0.25, 0.3) is 5.91 Å². The van der Waals surface area contributed by atoms with Crippen molar-refractivity contribution < 1.29 is 28.6 Å². The maximum absolute atomic E-state index is 14.8. The van der Waals surface area contributed by atoms with Crippen LogP contribution in [0.4, 0.5) is 4.39 Å². The number of rotatable bonds is 4. The minimum Gasteiger partial charge on any atom is -0.507 e. The second kappa shape index (κ2) is 9.59. The van der Waals surface area contributed by atoms with E-state index in [9.17, 15) is 19.1 Å². The molecule has 3 aliphatic rings. The fraction of sp³-hybridized carbons (Fsp3) is 0.400. The highest BCUT2D eigenvalue weighted by atomic mass is 35.5. The van der Waals surface area contributed by atoms with Crippen LogP contribution >= 0.6 is 11.6 Å². The molecule has 3 aliphatic heterocycles. The van der Waals surface area contributed by atoms with E-state index in [1.165, 1.54) is 24.3 Å². The van der Waals surface area contributed by atoms with Gasteiger partial charge in [-0.25, -0.2) is 9.37 Å². The molecule has 0 radical (unpaired) electrons. The van der Waals surface area contributed by atoms with Crippen molar-refractivity contribution in [3.8, 4) is 28.6 Å². The van der Waals surface area contributed by atoms with E-state index < -0.39 is 17.8 Å². The molecule has 1 N–H and O–H groups in total. The zero-order valence-electron chi connectivity index (χ0n) is 19.7. The van der Waals surface area contributed by atoms with E-state index in [-0.39, 0.29) is 70.9 Å². The first kappa shape index (κ1) is 24.3. The minimum absolute atomic E-state index is 0.0201. The lowest BCUT2D eigenvalue weighted by Gasteiger charge is -2.39. The third-order valence-corrected chi connectivity index (χ3v) is 7.13. The Morgan fingerprint density at radius 1 is 1.31 bits per heavy atom. The Hall–Kier alpha value is -3.37. The van der Waals surface area contributed by atoms with Crippen LogP contribution in [0.3, 0.4) is 0 Å². The monoisotopic (exact) mass is 516 g/mol. The van der Waals surface area contributed by atoms with Gasteiger partial charge in [-0.2, -0.15) is 0 Å². The molecule has 2 fully saturated rings. The molecule has 0 bridgehead atoms. The maximum Gasteiger partial charge on any atom is 0.263 e. The number of carbonyl (C=O) groups is 2. The number of aromatic hydroxyl groups is 1. The van der Waals surface area contributed by atoms with Crippen molar-refractivity contribution in [1.29, 1.82) is 0 Å². The molecule has 9 nitrogen and oxygen atoms in total. The zero-order chi connectivity index (χ0) is 25.6. The summed E-state index contributed by atoms with van der Waals surface area (Å²) >= 11 is 6.68. The van der Waals surface area contributed by atoms with Crippen LogP contribution in [0.2, 0.25) is 5.02 Å². The van der Waals surface area contributed by atoms with E-state index >= 15 is 0 Å². The smallest absolute Gasteiger partial charge is 0.263 e. The molecule has 0 saturated carbocycles. The van der Waals surface area contributed by atoms with E-state index in [2.05, 4.69) is 16.5 Å². The van der Waals surface area contributed by atoms with Crippen molar-refractivity contribution in [3.05, 3.63) is 47.3 Å². The molecule has 36 heavy (non-hydrogen) atoms. The number of pyridine rings is 1. The number of aromatic nitrogens is 1. The van der Waals surface area contributed by atoms with Crippen LogP contribution in [0.25, 0.3) is 11.3 Å². The summed E-state index contributed by atoms with van der Waals surface area (Å²) in [6, 6.07) is 3.44. The van der Waals surface area contributed by atoms with Gasteiger partial charge in [-0.15, -0.1) is 0 Å². The summed E-state index contributed by atoms with van der Waals surface area (Å²) in [5.74, 6) is -1.71. The molecule has 5 rings (SSSR count). The zero-order valence-corrected chi connectivity index (χ0v) is 20.5. The predicted molar refractivity (Wildman–Crippen MR) is 130 cm³/mol. The number of fused-ring (bicyclic) bond motifs is 2. The van der Waals surface area contributed by atoms with E-state index in [1.807, 2.05) is 7.05 Å². The number of phenolic OH excluding ortho intramolecular Hbond substituents is 1. The lowest BCUT2D eigenvalue weighted by Crippen LogP contribution is -2.57. The molecule has 0 unspecified atom stereocenters. The van der Waals surface area contributed by atoms with Crippen LogP contribution in [0, 0.1) is 5.82 Å². The quantitative estimate of drug-likeness (QED) is 0.624. The molecule has 0 aliphatic carbocycles. The van der Waals surface area contributed by atoms with Gasteiger partial charge in [0.1, 0.15) is 40.6 Å². The molecule has 1 aromatic heterocycles. The number of ether oxygens (including phenoxy) is 2. The number of nitrogens with zero attached hydrogens (tertiary/aromatic N) is 4. The van der Waals surface area contributed by atoms with E-state index in [0.29, 0.717) is 13.1 Å². The number of hydrogen-bond donors (Lipinski definition) is 1. The van der Waals surface area contributed by atoms with Gasteiger partial charge >= 0.3 is 0 Å². The Bertz CT molecular complexity index is 1220. The van der Waals surface area contributed by atoms with Gasteiger partial charge in [0.2, 0.25) is 11.8 Å². The Morgan fingerprint density at radius 2 is 2.11 bits per heavy atom. The molecule has 0 spiro atoms. The summed E-state index contributed by atoms with van der Waals surface area (Å²) in [4.78, 5) is 35.8. The van der Waals surface area contributed by atoms with E-state index in [1.54, 1.807) is 9.80 Å². The second-order valence-electron chi connectivity index (χ2n) is 9.16. The van der Waals surface area contributed by atoms with Crippen molar-refractivity contribution in [2.45, 2.75) is 18.6 Å². The molecule has 4 heterocycles. The highest BCUT2D eigenvalue weighted by Gasteiger charge is 2.41. The molecule has 190 valence electrons. The standard InChI is InChI=1S/C25H26ClFN4O5/c1-3-18(33)30-9-10-31-14(11-30)13-35-23-20(25(31)34)24(36-15-7-8-29(2)12-15)28-22(21(23)26)19-16(27)5-4-6-17(19)32/h3-6,14-15,32H,1,7-13H2,2H3/t14-,15+/m1/s1. The summed E-state index contributed by atoms with van der Waals surface area (Å²) in [7, 11) is 1.96. The molecule has 2 saturated heterocycles. The summed E-state index contributed by atoms with van der Waals surface area (Å²) in [5, 5.41) is 10.3. The molecule has 1 aromatic carbocycles. The lowest BCUT2D eigenvalue weighted by molar-refractivity contribution is -0.128. The highest BCUT2D eigenvalue weighted by molar-refractivity contribution is 6.35. The molecule has 11 heteroatoms. The Kier molecular flexibility index (Phi) is 6.48. The lowest BCUT2D eigenvalue weighted by atomic mass is 10.1. The van der Waals surface area contributed by atoms with Gasteiger partial charge in [-0.05, 0) is 31.7 Å². The number of likely N-dealkylation sites (N-methyl/N-ethyl adjacent to an activating group) is 1. The normalized spacial score (nSPS) is 21.9. The first-order valence-electron chi connectivity index (χ1n) is 11.7. The van der Waals surface area contributed by atoms with Crippen molar-refractivity contribution >= 4 is 23.4 Å². The average molecular weight is 517 g/mol. The van der Waals surface area contributed by atoms with Crippen molar-refractivity contribution in [1.82, 2.24) is 19.7 Å². The summed E-state index contributed by atoms with van der Waals surface area (Å²) in [6.45, 7) is 5.91. The van der Waals surface area contributed by atoms with Gasteiger partial charge in [0, 0.05) is 32.7 Å². The van der Waals surface area contributed by atoms with E-state index in [4.69, 9.17) is 21.1 Å². The summed E-state index contributed by atoms with van der Waals surface area (Å²) < 4.78 is 27.1. The first-order valence-corrected chi connectivity index (χ1v) is 12.1. The number of carbonyl (C=O) groups excluding carboxylic acids is 2. The third kappa shape index (κ3) is 4.24. The molecule has 2 amide bonds. The first-order chi connectivity index (χ1) is 17.3. The van der Waals surface area contributed by atoms with Crippen LogP contribution in [0.1, 0.15) is 16.8 Å². The number of likely N-dealkylation sites (tertiary alicyclic amines) is 1. The van der Waals surface area contributed by atoms with Crippen LogP contribution in [0.5, 0.6) is 17.4 Å². The summed E-state index contributed by atoms with van der Waals surface area (Å²) in [6.07, 6.45) is 1.71. The number of hydrogen-bond acceptors (Lipinski definition) is 7. The van der Waals surface area contributed by atoms with Gasteiger partial charge in [0.05, 0.1) is 11.6 Å². The predicted octanol–water partition coefficient (Wildman–Crippen LogP) is 2.56. The largest absolute Gasteiger partial charge is 0.507 e. The average Bonchev–Trinajstić information content (AvgIpc) is 3.20. The third-order valence-electron chi connectivity index (χ3n) is 6.78. The van der Waals surface area contributed by atoms with Crippen LogP contribution < -0.4 is 9.47 Å². The Balaban J connectivity index is 1.61. The molecule has 2 atom stereocenters. The van der Waals surface area contributed by atoms with Gasteiger partial charge in [0.15, 0.2) is 5.75 Å². The maximum atomic E-state index is 14.8. The van der Waals surface area contributed by atoms with Crippen molar-refractivity contribution in [2.75, 3.05) is 46.4 Å². The number of piperazine rings is 1. The van der Waals surface area contributed by atoms with E-state index in [0.717, 1.165) is 13.0 Å². The Labute approximate surface area is 212 Å². The second-order valence-corrected chi connectivity index (χ2v) is 9.54. The Morgan fingerprint density at radius 3 is 2.81 bits per heavy atom. The van der Waals surface area contributed by atoms with Crippen LogP contribution in [-0.2, 0) is 4.79 Å². The molecular weight excluding hydrogens is 491 g/mol. The van der Waals surface area contributed by atoms with Crippen molar-refractivity contribution in [3.63, 3.8) is 0 Å². The van der Waals surface area contributed by atoms with Gasteiger partial charge < -0.3 is 29.3 Å². The SMILES string of the molecule is C=CC(=O)N1CCN2C(=O)c3c(O[C@H]4CCN(C)C4)nc(-c4c(O)cccc4F)c(Cl)c3OC[C@H]2C1. The fourth-order valence-corrected chi connectivity index (χ4v) is 5.20. The van der Waals surface area contributed by atoms with Crippen LogP contribution in [-0.4, -0.2) is 95.1 Å². The number of benzene rings is 1. The topological polar surface area (TPSA) is 95.4 Å². The number of amides is 2. The minimum atomic E-state index is -0.730. The van der Waals surface area contributed by atoms with Crippen molar-refractivity contribution in [2.24, 2.45) is 0 Å². The van der Waals surface area contributed by atoms with Gasteiger partial charge in [-0.1, -0.05) is 24.2 Å². The number of phenols is 1. The fourth-order valence-electron chi connectivity index (χ4n) is 4.91. The van der Waals surface area contributed by atoms with Crippen LogP contribution in [0.15, 0.2) is 30.9 Å². The molecule has 2 aromatic rings. The summed E-state index contributed by atoms with van der Waals surface area (Å²) in [5.41, 5.74) is -0.233. The highest BCUT2D eigenvalue weighted by Crippen LogP contribution is 2.46. The number of halogens is 2.